The van der Waals surface area contributed by atoms with E-state index in [1.54, 1.807) is 24.5 Å². The second-order valence-electron chi connectivity index (χ2n) is 5.09. The first kappa shape index (κ1) is 15.8. The minimum absolute atomic E-state index is 0.0778. The van der Waals surface area contributed by atoms with Gasteiger partial charge in [-0.25, -0.2) is 13.8 Å². The third kappa shape index (κ3) is 3.18. The van der Waals surface area contributed by atoms with Gasteiger partial charge in [-0.3, -0.25) is 9.78 Å². The van der Waals surface area contributed by atoms with Crippen LogP contribution in [-0.4, -0.2) is 47.1 Å². The number of hydrogen-bond acceptors (Lipinski definition) is 5. The van der Waals surface area contributed by atoms with E-state index >= 15 is 0 Å². The van der Waals surface area contributed by atoms with Gasteiger partial charge in [-0.1, -0.05) is 11.6 Å². The van der Waals surface area contributed by atoms with Crippen molar-refractivity contribution < 1.29 is 8.78 Å². The molecule has 0 aromatic carbocycles. The van der Waals surface area contributed by atoms with Crippen LogP contribution in [0.3, 0.4) is 0 Å². The van der Waals surface area contributed by atoms with Crippen LogP contribution in [0.1, 0.15) is 0 Å². The Balaban J connectivity index is 2.08. The summed E-state index contributed by atoms with van der Waals surface area (Å²) in [5, 5.41) is 2.72. The number of alkyl halides is 2. The highest BCUT2D eigenvalue weighted by atomic mass is 35.5. The molecule has 1 fully saturated rings. The molecule has 0 spiro atoms. The number of aromatic nitrogens is 3. The van der Waals surface area contributed by atoms with Gasteiger partial charge in [0.05, 0.1) is 0 Å². The number of H-pyrrole nitrogens is 1. The summed E-state index contributed by atoms with van der Waals surface area (Å²) in [6.07, 6.45) is 0.525. The van der Waals surface area contributed by atoms with Crippen LogP contribution in [0.4, 0.5) is 14.6 Å². The fourth-order valence-corrected chi connectivity index (χ4v) is 2.70. The smallest absolute Gasteiger partial charge is 0.272 e. The van der Waals surface area contributed by atoms with Gasteiger partial charge in [0, 0.05) is 37.6 Å². The van der Waals surface area contributed by atoms with Crippen molar-refractivity contribution >= 4 is 17.4 Å². The number of halogens is 3. The Morgan fingerprint density at radius 1 is 1.35 bits per heavy atom. The number of anilines is 1. The van der Waals surface area contributed by atoms with Crippen molar-refractivity contribution in [2.24, 2.45) is 0 Å². The van der Waals surface area contributed by atoms with E-state index in [0.29, 0.717) is 18.7 Å². The highest BCUT2D eigenvalue weighted by molar-refractivity contribution is 6.32. The van der Waals surface area contributed by atoms with Gasteiger partial charge in [0.2, 0.25) is 0 Å². The standard InChI is InChI=1S/C14H14ClF2N5O/c15-10-13(22-6-5-19-7-9(22)11(16)17)20-12(21-14(10)23)8-1-3-18-4-2-8/h1-4,9,11,19H,5-7H2,(H,20,21,23). The Bertz CT molecular complexity index is 740. The fourth-order valence-electron chi connectivity index (χ4n) is 2.50. The van der Waals surface area contributed by atoms with Crippen LogP contribution in [0, 0.1) is 0 Å². The fraction of sp³-hybridized carbons (Fsp3) is 0.357. The summed E-state index contributed by atoms with van der Waals surface area (Å²) in [6, 6.07) is 2.25. The average Bonchev–Trinajstić information content (AvgIpc) is 2.58. The van der Waals surface area contributed by atoms with Gasteiger partial charge in [0.1, 0.15) is 16.9 Å². The van der Waals surface area contributed by atoms with E-state index in [1.807, 2.05) is 0 Å². The molecule has 0 aliphatic carbocycles. The van der Waals surface area contributed by atoms with Crippen molar-refractivity contribution in [3.8, 4) is 11.4 Å². The summed E-state index contributed by atoms with van der Waals surface area (Å²) in [5.41, 5.74) is 0.0637. The predicted molar refractivity (Wildman–Crippen MR) is 83.1 cm³/mol. The zero-order chi connectivity index (χ0) is 16.4. The molecule has 0 saturated carbocycles. The lowest BCUT2D eigenvalue weighted by molar-refractivity contribution is 0.105. The molecule has 3 rings (SSSR count). The monoisotopic (exact) mass is 341 g/mol. The number of rotatable bonds is 3. The molecule has 9 heteroatoms. The van der Waals surface area contributed by atoms with E-state index in [4.69, 9.17) is 11.6 Å². The summed E-state index contributed by atoms with van der Waals surface area (Å²) < 4.78 is 26.5. The van der Waals surface area contributed by atoms with Gasteiger partial charge >= 0.3 is 0 Å². The maximum atomic E-state index is 13.3. The SMILES string of the molecule is O=c1[nH]c(-c2ccncc2)nc(N2CCNCC2C(F)F)c1Cl. The van der Waals surface area contributed by atoms with Crippen molar-refractivity contribution in [2.75, 3.05) is 24.5 Å². The third-order valence-electron chi connectivity index (χ3n) is 3.65. The number of piperazine rings is 1. The lowest BCUT2D eigenvalue weighted by atomic mass is 10.2. The Morgan fingerprint density at radius 2 is 2.09 bits per heavy atom. The molecule has 122 valence electrons. The second-order valence-corrected chi connectivity index (χ2v) is 5.47. The molecule has 0 bridgehead atoms. The molecule has 1 saturated heterocycles. The molecule has 6 nitrogen and oxygen atoms in total. The molecular weight excluding hydrogens is 328 g/mol. The highest BCUT2D eigenvalue weighted by Gasteiger charge is 2.33. The Hall–Kier alpha value is -2.06. The van der Waals surface area contributed by atoms with E-state index in [0.717, 1.165) is 0 Å². The van der Waals surface area contributed by atoms with E-state index in [1.165, 1.54) is 4.90 Å². The largest absolute Gasteiger partial charge is 0.344 e. The first-order chi connectivity index (χ1) is 11.1. The zero-order valence-corrected chi connectivity index (χ0v) is 12.7. The summed E-state index contributed by atoms with van der Waals surface area (Å²) in [4.78, 5) is 24.2. The van der Waals surface area contributed by atoms with Crippen LogP contribution in [0.25, 0.3) is 11.4 Å². The van der Waals surface area contributed by atoms with Gasteiger partial charge in [0.15, 0.2) is 5.82 Å². The van der Waals surface area contributed by atoms with Gasteiger partial charge in [-0.05, 0) is 12.1 Å². The first-order valence-electron chi connectivity index (χ1n) is 7.03. The number of pyridine rings is 1. The maximum absolute atomic E-state index is 13.3. The van der Waals surface area contributed by atoms with Crippen molar-refractivity contribution in [3.63, 3.8) is 0 Å². The molecule has 1 unspecified atom stereocenters. The van der Waals surface area contributed by atoms with Crippen molar-refractivity contribution in [3.05, 3.63) is 39.9 Å². The van der Waals surface area contributed by atoms with Crippen LogP contribution in [-0.2, 0) is 0 Å². The topological polar surface area (TPSA) is 73.9 Å². The molecular formula is C14H14ClF2N5O. The molecule has 1 atom stereocenters. The van der Waals surface area contributed by atoms with Crippen LogP contribution in [0.15, 0.2) is 29.3 Å². The van der Waals surface area contributed by atoms with Gasteiger partial charge in [-0.2, -0.15) is 0 Å². The molecule has 0 radical (unpaired) electrons. The average molecular weight is 342 g/mol. The Kier molecular flexibility index (Phi) is 4.53. The molecule has 1 aliphatic heterocycles. The first-order valence-corrected chi connectivity index (χ1v) is 7.41. The summed E-state index contributed by atoms with van der Waals surface area (Å²) >= 11 is 6.03. The molecule has 2 aromatic rings. The number of nitrogens with one attached hydrogen (secondary N) is 2. The normalized spacial score (nSPS) is 18.4. The van der Waals surface area contributed by atoms with Crippen molar-refractivity contribution in [2.45, 2.75) is 12.5 Å². The Morgan fingerprint density at radius 3 is 2.78 bits per heavy atom. The van der Waals surface area contributed by atoms with Crippen LogP contribution < -0.4 is 15.8 Å². The lowest BCUT2D eigenvalue weighted by Gasteiger charge is -2.36. The van der Waals surface area contributed by atoms with Gasteiger partial charge < -0.3 is 15.2 Å². The van der Waals surface area contributed by atoms with E-state index < -0.39 is 18.0 Å². The molecule has 1 aliphatic rings. The van der Waals surface area contributed by atoms with Crippen LogP contribution in [0.2, 0.25) is 5.02 Å². The maximum Gasteiger partial charge on any atom is 0.272 e. The number of aromatic amines is 1. The van der Waals surface area contributed by atoms with Crippen LogP contribution >= 0.6 is 11.6 Å². The third-order valence-corrected chi connectivity index (χ3v) is 3.99. The molecule has 2 aromatic heterocycles. The van der Waals surface area contributed by atoms with Crippen LogP contribution in [0.5, 0.6) is 0 Å². The summed E-state index contributed by atoms with van der Waals surface area (Å²) in [5.74, 6) is 0.345. The summed E-state index contributed by atoms with van der Waals surface area (Å²) in [7, 11) is 0. The van der Waals surface area contributed by atoms with Crippen molar-refractivity contribution in [1.29, 1.82) is 0 Å². The minimum Gasteiger partial charge on any atom is -0.344 e. The molecule has 23 heavy (non-hydrogen) atoms. The number of nitrogens with zero attached hydrogens (tertiary/aromatic N) is 3. The zero-order valence-electron chi connectivity index (χ0n) is 12.0. The van der Waals surface area contributed by atoms with Gasteiger partial charge in [-0.15, -0.1) is 0 Å². The second kappa shape index (κ2) is 6.59. The molecule has 0 amide bonds. The highest BCUT2D eigenvalue weighted by Crippen LogP contribution is 2.27. The van der Waals surface area contributed by atoms with Gasteiger partial charge in [0.25, 0.3) is 12.0 Å². The van der Waals surface area contributed by atoms with E-state index in [9.17, 15) is 13.6 Å². The van der Waals surface area contributed by atoms with E-state index in [-0.39, 0.29) is 23.2 Å². The quantitative estimate of drug-likeness (QED) is 0.885. The number of hydrogen-bond donors (Lipinski definition) is 2. The predicted octanol–water partition coefficient (Wildman–Crippen LogP) is 1.53. The summed E-state index contributed by atoms with van der Waals surface area (Å²) in [6.45, 7) is 0.909. The molecule has 3 heterocycles. The molecule has 2 N–H and O–H groups in total. The lowest BCUT2D eigenvalue weighted by Crippen LogP contribution is -2.55. The Labute approximate surface area is 135 Å². The van der Waals surface area contributed by atoms with Crippen molar-refractivity contribution in [1.82, 2.24) is 20.3 Å². The minimum atomic E-state index is -2.58. The van der Waals surface area contributed by atoms with E-state index in [2.05, 4.69) is 20.3 Å².